The van der Waals surface area contributed by atoms with Crippen LogP contribution >= 0.6 is 0 Å². The third-order valence-corrected chi connectivity index (χ3v) is 1.60. The van der Waals surface area contributed by atoms with E-state index in [1.165, 1.54) is 24.3 Å². The smallest absolute Gasteiger partial charge is 0.357 e. The molecule has 0 aromatic heterocycles. The zero-order valence-electron chi connectivity index (χ0n) is 6.64. The first-order valence-corrected chi connectivity index (χ1v) is 4.35. The van der Waals surface area contributed by atoms with Gasteiger partial charge in [0, 0.05) is 17.1 Å². The zero-order chi connectivity index (χ0) is 9.84. The van der Waals surface area contributed by atoms with E-state index in [1.54, 1.807) is 0 Å². The molecule has 14 heavy (non-hydrogen) atoms. The predicted molar refractivity (Wildman–Crippen MR) is 43.8 cm³/mol. The van der Waals surface area contributed by atoms with Gasteiger partial charge < -0.3 is 9.29 Å². The van der Waals surface area contributed by atoms with E-state index >= 15 is 0 Å². The van der Waals surface area contributed by atoms with Gasteiger partial charge in [-0.2, -0.15) is 8.42 Å². The predicted octanol–water partition coefficient (Wildman–Crippen LogP) is 0.0729. The first kappa shape index (κ1) is 13.0. The summed E-state index contributed by atoms with van der Waals surface area (Å²) in [6, 6.07) is 5.50. The van der Waals surface area contributed by atoms with Gasteiger partial charge in [0.1, 0.15) is 11.3 Å². The standard InChI is InChI=1S/C7H6O5S.Cu/c8-6-4-2-1-3-5(6)7(9)12-13(10)11;/h1-4,8,13H;. The van der Waals surface area contributed by atoms with Crippen molar-refractivity contribution in [2.75, 3.05) is 0 Å². The zero-order valence-corrected chi connectivity index (χ0v) is 8.47. The van der Waals surface area contributed by atoms with E-state index in [4.69, 9.17) is 5.11 Å². The van der Waals surface area contributed by atoms with Crippen LogP contribution in [-0.2, 0) is 32.2 Å². The summed E-state index contributed by atoms with van der Waals surface area (Å²) in [4.78, 5) is 10.9. The topological polar surface area (TPSA) is 80.7 Å². The first-order chi connectivity index (χ1) is 6.11. The molecule has 0 aliphatic carbocycles. The summed E-state index contributed by atoms with van der Waals surface area (Å²) in [6.45, 7) is 0. The van der Waals surface area contributed by atoms with E-state index in [9.17, 15) is 13.2 Å². The summed E-state index contributed by atoms with van der Waals surface area (Å²) < 4.78 is 23.9. The Labute approximate surface area is 92.3 Å². The van der Waals surface area contributed by atoms with Crippen molar-refractivity contribution in [3.8, 4) is 5.75 Å². The fraction of sp³-hybridized carbons (Fsp3) is 0. The number of aromatic hydroxyl groups is 1. The second-order valence-corrected chi connectivity index (χ2v) is 2.75. The van der Waals surface area contributed by atoms with Crippen LogP contribution in [0.1, 0.15) is 10.4 Å². The molecule has 5 nitrogen and oxygen atoms in total. The van der Waals surface area contributed by atoms with Crippen molar-refractivity contribution < 1.29 is 39.6 Å². The van der Waals surface area contributed by atoms with Crippen LogP contribution in [0.5, 0.6) is 5.75 Å². The Morgan fingerprint density at radius 2 is 1.86 bits per heavy atom. The molecule has 0 saturated carbocycles. The fourth-order valence-electron chi connectivity index (χ4n) is 0.763. The van der Waals surface area contributed by atoms with Crippen LogP contribution in [-0.4, -0.2) is 19.5 Å². The van der Waals surface area contributed by atoms with Crippen LogP contribution in [0.4, 0.5) is 0 Å². The molecule has 1 aromatic carbocycles. The number of phenols is 1. The van der Waals surface area contributed by atoms with E-state index < -0.39 is 17.0 Å². The molecule has 1 N–H and O–H groups in total. The van der Waals surface area contributed by atoms with Crippen molar-refractivity contribution in [3.05, 3.63) is 29.8 Å². The minimum atomic E-state index is -3.24. The number of phenolic OH excluding ortho intramolecular Hbond substituents is 1. The second kappa shape index (κ2) is 5.64. The number of benzene rings is 1. The van der Waals surface area contributed by atoms with Crippen molar-refractivity contribution in [1.29, 1.82) is 0 Å². The Morgan fingerprint density at radius 1 is 1.29 bits per heavy atom. The first-order valence-electron chi connectivity index (χ1n) is 3.26. The van der Waals surface area contributed by atoms with Crippen molar-refractivity contribution in [2.45, 2.75) is 0 Å². The molecule has 0 aliphatic heterocycles. The molecule has 0 bridgehead atoms. The Bertz CT molecular complexity index is 393. The molecular formula is C7H6CuO5S. The average molecular weight is 266 g/mol. The Kier molecular flexibility index (Phi) is 5.22. The maximum atomic E-state index is 10.9. The second-order valence-electron chi connectivity index (χ2n) is 2.12. The van der Waals surface area contributed by atoms with E-state index in [0.717, 1.165) is 0 Å². The normalized spacial score (nSPS) is 9.21. The SMILES string of the molecule is O=C(O[SH](=O)=O)c1ccccc1O.[Cu]. The largest absolute Gasteiger partial charge is 0.507 e. The Morgan fingerprint density at radius 3 is 2.36 bits per heavy atom. The van der Waals surface area contributed by atoms with Gasteiger partial charge in [0.15, 0.2) is 0 Å². The fourth-order valence-corrected chi connectivity index (χ4v) is 0.997. The van der Waals surface area contributed by atoms with Crippen molar-refractivity contribution in [1.82, 2.24) is 0 Å². The average Bonchev–Trinajstić information content (AvgIpc) is 2.03. The quantitative estimate of drug-likeness (QED) is 0.584. The number of para-hydroxylation sites is 1. The molecule has 0 saturated heterocycles. The van der Waals surface area contributed by atoms with Crippen LogP contribution in [0.2, 0.25) is 0 Å². The van der Waals surface area contributed by atoms with Gasteiger partial charge in [-0.15, -0.1) is 0 Å². The molecule has 1 aromatic rings. The molecule has 0 amide bonds. The van der Waals surface area contributed by atoms with E-state index in [2.05, 4.69) is 4.18 Å². The molecule has 0 heterocycles. The number of hydrogen-bond donors (Lipinski definition) is 2. The summed E-state index contributed by atoms with van der Waals surface area (Å²) in [5.74, 6) is -1.40. The van der Waals surface area contributed by atoms with E-state index in [-0.39, 0.29) is 28.4 Å². The van der Waals surface area contributed by atoms with E-state index in [1.807, 2.05) is 0 Å². The molecule has 0 fully saturated rings. The molecule has 0 spiro atoms. The monoisotopic (exact) mass is 265 g/mol. The van der Waals surface area contributed by atoms with Gasteiger partial charge in [-0.3, -0.25) is 0 Å². The molecular weight excluding hydrogens is 260 g/mol. The molecule has 1 radical (unpaired) electrons. The number of carbonyl (C=O) groups excluding carboxylic acids is 1. The van der Waals surface area contributed by atoms with E-state index in [0.29, 0.717) is 0 Å². The summed E-state index contributed by atoms with van der Waals surface area (Å²) >= 11 is 0. The molecule has 0 aliphatic rings. The minimum Gasteiger partial charge on any atom is -0.507 e. The summed E-state index contributed by atoms with van der Waals surface area (Å²) in [6.07, 6.45) is 0. The van der Waals surface area contributed by atoms with Gasteiger partial charge in [0.2, 0.25) is 0 Å². The van der Waals surface area contributed by atoms with Gasteiger partial charge in [-0.1, -0.05) is 12.1 Å². The Balaban J connectivity index is 0.00000169. The van der Waals surface area contributed by atoms with Crippen LogP contribution in [0.25, 0.3) is 0 Å². The molecule has 7 heteroatoms. The number of rotatable bonds is 2. The number of hydrogen-bond acceptors (Lipinski definition) is 5. The van der Waals surface area contributed by atoms with Crippen molar-refractivity contribution >= 4 is 17.0 Å². The Hall–Kier alpha value is -1.04. The van der Waals surface area contributed by atoms with Gasteiger partial charge >= 0.3 is 17.0 Å². The molecule has 0 unspecified atom stereocenters. The maximum Gasteiger partial charge on any atom is 0.357 e. The van der Waals surface area contributed by atoms with Crippen molar-refractivity contribution in [3.63, 3.8) is 0 Å². The molecule has 0 atom stereocenters. The molecule has 1 rings (SSSR count). The summed E-state index contributed by atoms with van der Waals surface area (Å²) in [5.41, 5.74) is -0.179. The van der Waals surface area contributed by atoms with Crippen LogP contribution in [0.15, 0.2) is 24.3 Å². The van der Waals surface area contributed by atoms with Gasteiger partial charge in [0.25, 0.3) is 0 Å². The summed E-state index contributed by atoms with van der Waals surface area (Å²) in [5, 5.41) is 9.10. The van der Waals surface area contributed by atoms with Crippen LogP contribution in [0, 0.1) is 0 Å². The number of carbonyl (C=O) groups is 1. The van der Waals surface area contributed by atoms with Crippen molar-refractivity contribution in [2.24, 2.45) is 0 Å². The summed E-state index contributed by atoms with van der Waals surface area (Å²) in [7, 11) is -3.24. The van der Waals surface area contributed by atoms with Gasteiger partial charge in [0.05, 0.1) is 0 Å². The van der Waals surface area contributed by atoms with Crippen LogP contribution in [0.3, 0.4) is 0 Å². The van der Waals surface area contributed by atoms with Gasteiger partial charge in [-0.05, 0) is 12.1 Å². The maximum absolute atomic E-state index is 10.9. The van der Waals surface area contributed by atoms with Gasteiger partial charge in [-0.25, -0.2) is 4.79 Å². The minimum absolute atomic E-state index is 0. The van der Waals surface area contributed by atoms with Crippen LogP contribution < -0.4 is 0 Å². The number of thiol groups is 1. The molecule has 81 valence electrons. The third kappa shape index (κ3) is 3.37. The third-order valence-electron chi connectivity index (χ3n) is 1.28.